The maximum Gasteiger partial charge on any atom is 0.286 e. The van der Waals surface area contributed by atoms with Crippen LogP contribution in [0.5, 0.6) is 0 Å². The highest BCUT2D eigenvalue weighted by Crippen LogP contribution is 2.33. The van der Waals surface area contributed by atoms with Gasteiger partial charge < -0.3 is 4.90 Å². The number of thioether (sulfide) groups is 1. The Labute approximate surface area is 144 Å². The number of carbonyl (C=O) groups excluding carboxylic acids is 1. The summed E-state index contributed by atoms with van der Waals surface area (Å²) in [4.78, 5) is 19.1. The molecule has 1 unspecified atom stereocenters. The molecule has 116 valence electrons. The smallest absolute Gasteiger partial charge is 0.286 e. The van der Waals surface area contributed by atoms with Crippen LogP contribution in [0.15, 0.2) is 28.1 Å². The summed E-state index contributed by atoms with van der Waals surface area (Å²) in [5, 5.41) is 1.93. The zero-order valence-corrected chi connectivity index (χ0v) is 14.5. The molecule has 1 amide bonds. The molecule has 6 heteroatoms. The first-order valence-corrected chi connectivity index (χ1v) is 8.83. The molecule has 1 atom stereocenters. The molecule has 2 heterocycles. The van der Waals surface area contributed by atoms with Crippen LogP contribution in [0.1, 0.15) is 25.3 Å². The van der Waals surface area contributed by atoms with Gasteiger partial charge in [-0.25, -0.2) is 0 Å². The normalized spacial score (nSPS) is 24.0. The lowest BCUT2D eigenvalue weighted by molar-refractivity contribution is -0.113. The van der Waals surface area contributed by atoms with E-state index >= 15 is 0 Å². The van der Waals surface area contributed by atoms with E-state index in [0.29, 0.717) is 20.9 Å². The van der Waals surface area contributed by atoms with Gasteiger partial charge in [-0.05, 0) is 54.3 Å². The van der Waals surface area contributed by atoms with Crippen molar-refractivity contribution < 1.29 is 4.79 Å². The van der Waals surface area contributed by atoms with Crippen LogP contribution in [0.4, 0.5) is 0 Å². The van der Waals surface area contributed by atoms with Crippen LogP contribution in [0.2, 0.25) is 10.0 Å². The standard InChI is InChI=1S/C16H16Cl2N2OS/c1-10-3-2-6-20(9-10)16-19-15(21)14(22-16)7-11-4-5-12(17)8-13(11)18/h4-5,7-8,10H,2-3,6,9H2,1H3/b14-7-. The minimum atomic E-state index is -0.191. The third-order valence-electron chi connectivity index (χ3n) is 3.79. The fourth-order valence-corrected chi connectivity index (χ4v) is 4.06. The van der Waals surface area contributed by atoms with E-state index in [2.05, 4.69) is 16.8 Å². The number of carbonyl (C=O) groups is 1. The van der Waals surface area contributed by atoms with Crippen molar-refractivity contribution in [2.24, 2.45) is 10.9 Å². The molecular formula is C16H16Cl2N2OS. The maximum atomic E-state index is 12.1. The van der Waals surface area contributed by atoms with Crippen molar-refractivity contribution in [1.29, 1.82) is 0 Å². The third-order valence-corrected chi connectivity index (χ3v) is 5.39. The number of likely N-dealkylation sites (tertiary alicyclic amines) is 1. The number of nitrogens with zero attached hydrogens (tertiary/aromatic N) is 2. The van der Waals surface area contributed by atoms with Gasteiger partial charge in [-0.2, -0.15) is 4.99 Å². The van der Waals surface area contributed by atoms with Crippen molar-refractivity contribution >= 4 is 52.1 Å². The molecule has 1 aromatic rings. The molecule has 0 radical (unpaired) electrons. The van der Waals surface area contributed by atoms with Crippen LogP contribution >= 0.6 is 35.0 Å². The number of rotatable bonds is 1. The van der Waals surface area contributed by atoms with Gasteiger partial charge in [0.05, 0.1) is 4.91 Å². The topological polar surface area (TPSA) is 32.7 Å². The van der Waals surface area contributed by atoms with Crippen molar-refractivity contribution in [3.8, 4) is 0 Å². The highest BCUT2D eigenvalue weighted by atomic mass is 35.5. The van der Waals surface area contributed by atoms with Gasteiger partial charge in [-0.3, -0.25) is 4.79 Å². The average molecular weight is 355 g/mol. The summed E-state index contributed by atoms with van der Waals surface area (Å²) >= 11 is 13.5. The van der Waals surface area contributed by atoms with Gasteiger partial charge in [-0.1, -0.05) is 36.2 Å². The molecule has 3 rings (SSSR count). The zero-order chi connectivity index (χ0) is 15.7. The van der Waals surface area contributed by atoms with E-state index in [1.165, 1.54) is 18.2 Å². The molecule has 0 bridgehead atoms. The second-order valence-electron chi connectivity index (χ2n) is 5.67. The summed E-state index contributed by atoms with van der Waals surface area (Å²) in [6, 6.07) is 5.25. The van der Waals surface area contributed by atoms with E-state index in [1.54, 1.807) is 18.2 Å². The van der Waals surface area contributed by atoms with E-state index in [0.717, 1.165) is 30.2 Å². The largest absolute Gasteiger partial charge is 0.351 e. The molecule has 0 spiro atoms. The van der Waals surface area contributed by atoms with Gasteiger partial charge in [0.15, 0.2) is 5.17 Å². The Balaban J connectivity index is 1.78. The molecule has 0 N–H and O–H groups in total. The van der Waals surface area contributed by atoms with E-state index in [1.807, 2.05) is 6.07 Å². The lowest BCUT2D eigenvalue weighted by atomic mass is 10.0. The summed E-state index contributed by atoms with van der Waals surface area (Å²) in [5.41, 5.74) is 0.783. The Bertz CT molecular complexity index is 672. The Hall–Kier alpha value is -0.970. The van der Waals surface area contributed by atoms with E-state index < -0.39 is 0 Å². The van der Waals surface area contributed by atoms with Crippen LogP contribution in [-0.4, -0.2) is 29.1 Å². The fraction of sp³-hybridized carbons (Fsp3) is 0.375. The Morgan fingerprint density at radius 3 is 2.95 bits per heavy atom. The average Bonchev–Trinajstić information content (AvgIpc) is 2.83. The third kappa shape index (κ3) is 3.50. The first-order chi connectivity index (χ1) is 10.5. The molecule has 1 aromatic carbocycles. The number of hydrogen-bond acceptors (Lipinski definition) is 3. The number of piperidine rings is 1. The van der Waals surface area contributed by atoms with Gasteiger partial charge >= 0.3 is 0 Å². The summed E-state index contributed by atoms with van der Waals surface area (Å²) in [7, 11) is 0. The maximum absolute atomic E-state index is 12.1. The minimum absolute atomic E-state index is 0.191. The second kappa shape index (κ2) is 6.65. The van der Waals surface area contributed by atoms with Crippen LogP contribution in [-0.2, 0) is 4.79 Å². The minimum Gasteiger partial charge on any atom is -0.351 e. The number of amides is 1. The highest BCUT2D eigenvalue weighted by Gasteiger charge is 2.28. The summed E-state index contributed by atoms with van der Waals surface area (Å²) in [6.45, 7) is 4.17. The lowest BCUT2D eigenvalue weighted by Crippen LogP contribution is -2.37. The van der Waals surface area contributed by atoms with Crippen molar-refractivity contribution in [1.82, 2.24) is 4.90 Å². The summed E-state index contributed by atoms with van der Waals surface area (Å²) in [5.74, 6) is 0.454. The van der Waals surface area contributed by atoms with Gasteiger partial charge in [0, 0.05) is 23.1 Å². The molecule has 3 nitrogen and oxygen atoms in total. The Morgan fingerprint density at radius 1 is 1.41 bits per heavy atom. The van der Waals surface area contributed by atoms with Crippen molar-refractivity contribution in [3.05, 3.63) is 38.7 Å². The van der Waals surface area contributed by atoms with Crippen LogP contribution in [0.25, 0.3) is 6.08 Å². The van der Waals surface area contributed by atoms with Crippen LogP contribution in [0, 0.1) is 5.92 Å². The lowest BCUT2D eigenvalue weighted by Gasteiger charge is -2.31. The number of halogens is 2. The monoisotopic (exact) mass is 354 g/mol. The molecule has 1 saturated heterocycles. The summed E-state index contributed by atoms with van der Waals surface area (Å²) < 4.78 is 0. The van der Waals surface area contributed by atoms with Crippen molar-refractivity contribution in [2.45, 2.75) is 19.8 Å². The predicted octanol–water partition coefficient (Wildman–Crippen LogP) is 4.70. The first-order valence-electron chi connectivity index (χ1n) is 7.25. The van der Waals surface area contributed by atoms with Crippen LogP contribution < -0.4 is 0 Å². The number of amidine groups is 1. The molecule has 0 aromatic heterocycles. The number of aliphatic imine (C=N–C) groups is 1. The van der Waals surface area contributed by atoms with E-state index in [4.69, 9.17) is 23.2 Å². The van der Waals surface area contributed by atoms with Gasteiger partial charge in [-0.15, -0.1) is 0 Å². The van der Waals surface area contributed by atoms with Gasteiger partial charge in [0.1, 0.15) is 0 Å². The quantitative estimate of drug-likeness (QED) is 0.685. The number of hydrogen-bond donors (Lipinski definition) is 0. The van der Waals surface area contributed by atoms with Crippen LogP contribution in [0.3, 0.4) is 0 Å². The SMILES string of the molecule is CC1CCCN(C2=NC(=O)/C(=C/c3ccc(Cl)cc3Cl)S2)C1. The Kier molecular flexibility index (Phi) is 4.81. The molecule has 2 aliphatic rings. The van der Waals surface area contributed by atoms with E-state index in [9.17, 15) is 4.79 Å². The number of benzene rings is 1. The molecular weight excluding hydrogens is 339 g/mol. The first kappa shape index (κ1) is 15.9. The fourth-order valence-electron chi connectivity index (χ4n) is 2.66. The van der Waals surface area contributed by atoms with Crippen molar-refractivity contribution in [3.63, 3.8) is 0 Å². The second-order valence-corrected chi connectivity index (χ2v) is 7.52. The molecule has 0 aliphatic carbocycles. The molecule has 1 fully saturated rings. The van der Waals surface area contributed by atoms with Gasteiger partial charge in [0.25, 0.3) is 5.91 Å². The molecule has 0 saturated carbocycles. The van der Waals surface area contributed by atoms with Crippen molar-refractivity contribution in [2.75, 3.05) is 13.1 Å². The molecule has 22 heavy (non-hydrogen) atoms. The molecule has 2 aliphatic heterocycles. The zero-order valence-electron chi connectivity index (χ0n) is 12.2. The van der Waals surface area contributed by atoms with Gasteiger partial charge in [0.2, 0.25) is 0 Å². The highest BCUT2D eigenvalue weighted by molar-refractivity contribution is 8.18. The summed E-state index contributed by atoms with van der Waals surface area (Å²) in [6.07, 6.45) is 4.18. The van der Waals surface area contributed by atoms with E-state index in [-0.39, 0.29) is 5.91 Å². The predicted molar refractivity (Wildman–Crippen MR) is 94.4 cm³/mol. The Morgan fingerprint density at radius 2 is 2.23 bits per heavy atom.